The first kappa shape index (κ1) is 16.5. The number of rotatable bonds is 5. The van der Waals surface area contributed by atoms with Gasteiger partial charge in [0.2, 0.25) is 0 Å². The molecule has 2 rings (SSSR count). The molecule has 0 bridgehead atoms. The van der Waals surface area contributed by atoms with Crippen molar-refractivity contribution >= 4 is 21.6 Å². The third-order valence-corrected chi connectivity index (χ3v) is 5.11. The topological polar surface area (TPSA) is 50.2 Å². The van der Waals surface area contributed by atoms with Crippen molar-refractivity contribution in [3.8, 4) is 0 Å². The summed E-state index contributed by atoms with van der Waals surface area (Å²) in [6.07, 6.45) is 5.12. The van der Waals surface area contributed by atoms with Gasteiger partial charge in [0.05, 0.1) is 11.9 Å². The molecule has 1 N–H and O–H groups in total. The molecule has 0 amide bonds. The van der Waals surface area contributed by atoms with Crippen LogP contribution in [0.4, 0.5) is 5.69 Å². The number of aryl methyl sites for hydroxylation is 1. The Morgan fingerprint density at radius 1 is 1.57 bits per heavy atom. The van der Waals surface area contributed by atoms with Crippen LogP contribution in [-0.2, 0) is 6.54 Å². The molecule has 1 aromatic heterocycles. The summed E-state index contributed by atoms with van der Waals surface area (Å²) in [6.45, 7) is 6.89. The molecule has 6 heteroatoms. The van der Waals surface area contributed by atoms with Gasteiger partial charge in [-0.1, -0.05) is 6.92 Å². The zero-order valence-corrected chi connectivity index (χ0v) is 14.7. The second-order valence-corrected chi connectivity index (χ2v) is 6.59. The lowest BCUT2D eigenvalue weighted by atomic mass is 9.91. The van der Waals surface area contributed by atoms with Crippen LogP contribution in [0.5, 0.6) is 0 Å². The van der Waals surface area contributed by atoms with Gasteiger partial charge in [-0.15, -0.1) is 0 Å². The molecule has 0 aromatic carbocycles. The Hall–Kier alpha value is -0.880. The van der Waals surface area contributed by atoms with E-state index in [1.165, 1.54) is 11.1 Å². The van der Waals surface area contributed by atoms with Crippen molar-refractivity contribution < 1.29 is 0 Å². The van der Waals surface area contributed by atoms with Crippen molar-refractivity contribution in [2.45, 2.75) is 45.7 Å². The number of hydrogen-bond donors (Lipinski definition) is 1. The Morgan fingerprint density at radius 2 is 2.33 bits per heavy atom. The molecule has 0 aliphatic carbocycles. The first-order valence-corrected chi connectivity index (χ1v) is 8.55. The van der Waals surface area contributed by atoms with Gasteiger partial charge in [0.25, 0.3) is 5.56 Å². The van der Waals surface area contributed by atoms with Gasteiger partial charge in [-0.05, 0) is 55.1 Å². The largest absolute Gasteiger partial charge is 0.369 e. The van der Waals surface area contributed by atoms with Crippen LogP contribution >= 0.6 is 15.9 Å². The fraction of sp³-hybridized carbons (Fsp3) is 0.733. The summed E-state index contributed by atoms with van der Waals surface area (Å²) < 4.78 is 2.18. The molecule has 1 aromatic rings. The fourth-order valence-electron chi connectivity index (χ4n) is 2.92. The van der Waals surface area contributed by atoms with E-state index < -0.39 is 0 Å². The summed E-state index contributed by atoms with van der Waals surface area (Å²) in [7, 11) is 2.01. The fourth-order valence-corrected chi connectivity index (χ4v) is 3.48. The number of aromatic nitrogens is 2. The van der Waals surface area contributed by atoms with Crippen LogP contribution in [0.3, 0.4) is 0 Å². The van der Waals surface area contributed by atoms with Gasteiger partial charge < -0.3 is 10.2 Å². The molecule has 118 valence electrons. The maximum Gasteiger partial charge on any atom is 0.283 e. The van der Waals surface area contributed by atoms with Crippen LogP contribution in [0, 0.1) is 5.92 Å². The molecular formula is C15H25BrN4O. The smallest absolute Gasteiger partial charge is 0.283 e. The molecule has 5 nitrogen and oxygen atoms in total. The number of nitrogens with zero attached hydrogens (tertiary/aromatic N) is 3. The molecule has 0 spiro atoms. The van der Waals surface area contributed by atoms with Crippen LogP contribution in [0.2, 0.25) is 0 Å². The Labute approximate surface area is 134 Å². The number of piperidine rings is 1. The van der Waals surface area contributed by atoms with Gasteiger partial charge in [0, 0.05) is 25.7 Å². The first-order chi connectivity index (χ1) is 10.1. The van der Waals surface area contributed by atoms with E-state index in [4.69, 9.17) is 0 Å². The average molecular weight is 357 g/mol. The predicted molar refractivity (Wildman–Crippen MR) is 89.9 cm³/mol. The molecule has 21 heavy (non-hydrogen) atoms. The van der Waals surface area contributed by atoms with Gasteiger partial charge in [-0.2, -0.15) is 5.10 Å². The van der Waals surface area contributed by atoms with Crippen LogP contribution in [0.15, 0.2) is 15.5 Å². The van der Waals surface area contributed by atoms with E-state index in [0.717, 1.165) is 31.6 Å². The molecule has 1 fully saturated rings. The second-order valence-electron chi connectivity index (χ2n) is 5.80. The highest BCUT2D eigenvalue weighted by atomic mass is 79.9. The Kier molecular flexibility index (Phi) is 5.81. The molecule has 2 heterocycles. The van der Waals surface area contributed by atoms with Crippen LogP contribution in [-0.4, -0.2) is 36.0 Å². The molecule has 1 aliphatic rings. The Balaban J connectivity index is 2.21. The summed E-state index contributed by atoms with van der Waals surface area (Å²) >= 11 is 3.48. The predicted octanol–water partition coefficient (Wildman–Crippen LogP) is 2.24. The number of nitrogens with one attached hydrogen (secondary N) is 1. The minimum Gasteiger partial charge on any atom is -0.369 e. The van der Waals surface area contributed by atoms with Gasteiger partial charge in [-0.3, -0.25) is 4.79 Å². The Morgan fingerprint density at radius 3 is 3.00 bits per heavy atom. The van der Waals surface area contributed by atoms with Gasteiger partial charge in [-0.25, -0.2) is 4.68 Å². The Bertz CT molecular complexity index is 531. The molecule has 0 saturated carbocycles. The maximum atomic E-state index is 12.3. The highest BCUT2D eigenvalue weighted by molar-refractivity contribution is 9.10. The quantitative estimate of drug-likeness (QED) is 0.878. The summed E-state index contributed by atoms with van der Waals surface area (Å²) in [4.78, 5) is 14.6. The lowest BCUT2D eigenvalue weighted by Gasteiger charge is -2.37. The van der Waals surface area contributed by atoms with Gasteiger partial charge in [0.15, 0.2) is 0 Å². The van der Waals surface area contributed by atoms with E-state index in [1.807, 2.05) is 20.2 Å². The molecule has 1 aliphatic heterocycles. The highest BCUT2D eigenvalue weighted by Crippen LogP contribution is 2.28. The lowest BCUT2D eigenvalue weighted by molar-refractivity contribution is 0.333. The van der Waals surface area contributed by atoms with E-state index in [1.54, 1.807) is 0 Å². The molecular weight excluding hydrogens is 332 g/mol. The third kappa shape index (κ3) is 3.66. The molecule has 2 unspecified atom stereocenters. The molecule has 1 saturated heterocycles. The third-order valence-electron chi connectivity index (χ3n) is 4.36. The second kappa shape index (κ2) is 7.40. The number of anilines is 1. The van der Waals surface area contributed by atoms with Crippen molar-refractivity contribution in [2.75, 3.05) is 25.0 Å². The lowest BCUT2D eigenvalue weighted by Crippen LogP contribution is -2.44. The van der Waals surface area contributed by atoms with Crippen LogP contribution in [0.25, 0.3) is 0 Å². The van der Waals surface area contributed by atoms with Crippen molar-refractivity contribution in [3.63, 3.8) is 0 Å². The highest BCUT2D eigenvalue weighted by Gasteiger charge is 2.26. The number of halogens is 1. The summed E-state index contributed by atoms with van der Waals surface area (Å²) in [5.41, 5.74) is 0.901. The van der Waals surface area contributed by atoms with Crippen LogP contribution < -0.4 is 15.8 Å². The number of hydrogen-bond acceptors (Lipinski definition) is 4. The summed E-state index contributed by atoms with van der Waals surface area (Å²) in [5, 5.41) is 7.65. The van der Waals surface area contributed by atoms with Crippen molar-refractivity contribution in [3.05, 3.63) is 21.0 Å². The van der Waals surface area contributed by atoms with Gasteiger partial charge in [0.1, 0.15) is 4.47 Å². The van der Waals surface area contributed by atoms with E-state index in [9.17, 15) is 4.79 Å². The van der Waals surface area contributed by atoms with Crippen molar-refractivity contribution in [2.24, 2.45) is 5.92 Å². The van der Waals surface area contributed by atoms with Crippen molar-refractivity contribution in [1.29, 1.82) is 0 Å². The maximum absolute atomic E-state index is 12.3. The minimum atomic E-state index is -0.0295. The molecule has 2 atom stereocenters. The van der Waals surface area contributed by atoms with Gasteiger partial charge >= 0.3 is 0 Å². The normalized spacial score (nSPS) is 20.6. The minimum absolute atomic E-state index is 0.0295. The monoisotopic (exact) mass is 356 g/mol. The van der Waals surface area contributed by atoms with Crippen molar-refractivity contribution in [1.82, 2.24) is 15.1 Å². The van der Waals surface area contributed by atoms with E-state index in [2.05, 4.69) is 38.2 Å². The SMILES string of the molecule is CCCn1ncc(N2CCCC(C(C)NC)C2)c(Br)c1=O. The standard InChI is InChI=1S/C15H25BrN4O/c1-4-7-20-15(21)14(16)13(9-18-20)19-8-5-6-12(10-19)11(2)17-3/h9,11-12,17H,4-8,10H2,1-3H3. The summed E-state index contributed by atoms with van der Waals surface area (Å²) in [6, 6.07) is 0.486. The zero-order valence-electron chi connectivity index (χ0n) is 13.1. The summed E-state index contributed by atoms with van der Waals surface area (Å²) in [5.74, 6) is 0.605. The zero-order chi connectivity index (χ0) is 15.4. The molecule has 0 radical (unpaired) electrons. The van der Waals surface area contributed by atoms with E-state index >= 15 is 0 Å². The van der Waals surface area contributed by atoms with E-state index in [0.29, 0.717) is 23.0 Å². The first-order valence-electron chi connectivity index (χ1n) is 7.76. The average Bonchev–Trinajstić information content (AvgIpc) is 2.51. The van der Waals surface area contributed by atoms with Crippen LogP contribution in [0.1, 0.15) is 33.1 Å². The van der Waals surface area contributed by atoms with E-state index in [-0.39, 0.29) is 5.56 Å².